The fourth-order valence-electron chi connectivity index (χ4n) is 9.40. The average Bonchev–Trinajstić information content (AvgIpc) is 3.68. The maximum atomic E-state index is 15.2. The third-order valence-electron chi connectivity index (χ3n) is 12.8. The van der Waals surface area contributed by atoms with Crippen LogP contribution in [0.1, 0.15) is 24.5 Å². The van der Waals surface area contributed by atoms with E-state index < -0.39 is 105 Å². The van der Waals surface area contributed by atoms with Gasteiger partial charge in [-0.1, -0.05) is 49.5 Å². The Morgan fingerprint density at radius 3 is 1.82 bits per heavy atom. The minimum absolute atomic E-state index is 0.0131. The predicted molar refractivity (Wildman–Crippen MR) is 220 cm³/mol. The number of anilines is 3. The lowest BCUT2D eigenvalue weighted by atomic mass is 9.82. The Bertz CT molecular complexity index is 2130. The lowest BCUT2D eigenvalue weighted by Crippen LogP contribution is -2.60. The second kappa shape index (κ2) is 17.6. The molecular weight excluding hydrogens is 831 g/mol. The van der Waals surface area contributed by atoms with Gasteiger partial charge in [0.25, 0.3) is 17.7 Å². The number of hydrogen-bond acceptors (Lipinski definition) is 16. The van der Waals surface area contributed by atoms with Gasteiger partial charge in [-0.15, -0.1) is 0 Å². The van der Waals surface area contributed by atoms with Crippen molar-refractivity contribution in [2.75, 3.05) is 29.3 Å². The van der Waals surface area contributed by atoms with E-state index in [1.54, 1.807) is 48.4 Å². The molecule has 0 radical (unpaired) electrons. The lowest BCUT2D eigenvalue weighted by molar-refractivity contribution is -0.274. The van der Waals surface area contributed by atoms with Gasteiger partial charge in [-0.3, -0.25) is 14.4 Å². The first-order chi connectivity index (χ1) is 29.3. The molecule has 1 spiro atoms. The molecule has 7 rings (SSSR count). The third-order valence-corrected chi connectivity index (χ3v) is 17.1. The monoisotopic (exact) mass is 883 g/mol. The molecular formula is C42H53N3O16Si. The van der Waals surface area contributed by atoms with Gasteiger partial charge in [0, 0.05) is 29.5 Å². The van der Waals surface area contributed by atoms with Crippen LogP contribution in [0.2, 0.25) is 18.6 Å². The molecule has 0 aliphatic carbocycles. The van der Waals surface area contributed by atoms with Crippen LogP contribution in [0, 0.1) is 5.92 Å². The Morgan fingerprint density at radius 2 is 1.29 bits per heavy atom. The zero-order chi connectivity index (χ0) is 45.0. The molecule has 3 aromatic carbocycles. The summed E-state index contributed by atoms with van der Waals surface area (Å²) in [6.07, 6.45) is -18.7. The van der Waals surface area contributed by atoms with Crippen molar-refractivity contribution in [1.82, 2.24) is 0 Å². The van der Waals surface area contributed by atoms with Crippen molar-refractivity contribution in [1.29, 1.82) is 0 Å². The summed E-state index contributed by atoms with van der Waals surface area (Å²) in [6.45, 7) is 6.11. The molecule has 0 unspecified atom stereocenters. The molecule has 4 aliphatic rings. The minimum Gasteiger partial charge on any atom is -0.497 e. The van der Waals surface area contributed by atoms with Crippen LogP contribution in [0.5, 0.6) is 5.75 Å². The summed E-state index contributed by atoms with van der Waals surface area (Å²) in [5, 5.41) is 97.4. The van der Waals surface area contributed by atoms with Crippen LogP contribution in [0.25, 0.3) is 0 Å². The largest absolute Gasteiger partial charge is 0.497 e. The first-order valence-corrected chi connectivity index (χ1v) is 23.3. The van der Waals surface area contributed by atoms with Crippen LogP contribution >= 0.6 is 0 Å². The molecule has 11 N–H and O–H groups in total. The van der Waals surface area contributed by atoms with Gasteiger partial charge in [0.05, 0.1) is 33.5 Å². The molecule has 4 heterocycles. The molecule has 0 saturated carbocycles. The van der Waals surface area contributed by atoms with Crippen molar-refractivity contribution < 1.29 is 79.3 Å². The molecule has 0 aromatic heterocycles. The molecule has 336 valence electrons. The van der Waals surface area contributed by atoms with E-state index in [9.17, 15) is 55.5 Å². The topological polar surface area (TPSA) is 298 Å². The summed E-state index contributed by atoms with van der Waals surface area (Å²) in [6, 6.07) is 18.9. The van der Waals surface area contributed by atoms with E-state index in [2.05, 4.69) is 23.7 Å². The molecule has 3 fully saturated rings. The third kappa shape index (κ3) is 7.93. The van der Waals surface area contributed by atoms with E-state index in [-0.39, 0.29) is 36.5 Å². The molecule has 20 heteroatoms. The average molecular weight is 884 g/mol. The standard InChI is InChI=1S/C42H53N3O16Si/c1-19-36(62(3,4)24-12-10-23(58-2)11-13-24)27(15-16-46)61-42(19)25-17-22(44-38(54)35-31(50)29(48)33(52)40(56)60-35)9-14-26(25)45(41(42)57)18-20-5-7-21(8-6-20)43-37(53)34-30(49)28(47)32(51)39(55)59-34/h5-14,17,19,27-36,39-40,46-52,55-56H,15-16,18H2,1-4H3,(H,43,53)(H,44,54)/t19-,27+,28-,29-,30-,31-,32+,33+,34-,35-,36-,39+,40+,42+/m0/s1. The summed E-state index contributed by atoms with van der Waals surface area (Å²) >= 11 is 0. The zero-order valence-electron chi connectivity index (χ0n) is 34.3. The summed E-state index contributed by atoms with van der Waals surface area (Å²) in [7, 11) is -0.986. The van der Waals surface area contributed by atoms with Crippen molar-refractivity contribution in [3.05, 3.63) is 77.9 Å². The normalized spacial score (nSPS) is 34.6. The fourth-order valence-corrected chi connectivity index (χ4v) is 13.5. The maximum Gasteiger partial charge on any atom is 0.264 e. The molecule has 3 amide bonds. The van der Waals surface area contributed by atoms with Gasteiger partial charge in [-0.05, 0) is 60.0 Å². The van der Waals surface area contributed by atoms with Gasteiger partial charge < -0.3 is 80.4 Å². The van der Waals surface area contributed by atoms with Gasteiger partial charge in [0.15, 0.2) is 30.4 Å². The Morgan fingerprint density at radius 1 is 0.758 bits per heavy atom. The molecule has 62 heavy (non-hydrogen) atoms. The van der Waals surface area contributed by atoms with Gasteiger partial charge in [0.1, 0.15) is 42.4 Å². The second-order valence-electron chi connectivity index (χ2n) is 16.8. The summed E-state index contributed by atoms with van der Waals surface area (Å²) in [4.78, 5) is 43.2. The number of nitrogens with one attached hydrogen (secondary N) is 2. The number of aliphatic hydroxyl groups excluding tert-OH is 9. The highest BCUT2D eigenvalue weighted by Gasteiger charge is 2.66. The van der Waals surface area contributed by atoms with Crippen molar-refractivity contribution in [3.63, 3.8) is 0 Å². The van der Waals surface area contributed by atoms with Crippen molar-refractivity contribution in [3.8, 4) is 5.75 Å². The number of aliphatic hydroxyl groups is 9. The number of rotatable bonds is 11. The SMILES string of the molecule is COc1ccc([Si](C)(C)[C@@H]2[C@@H](CCO)O[C@]3(C(=O)N(Cc4ccc(NC(=O)[C@H]5O[C@@H](O)[C@H](O)[C@@H](O)[C@@H]5O)cc4)c4ccc(NC(=O)[C@H]5O[C@@H](O)[C@H](O)[C@@H](O)[C@@H]5O)cc43)[C@H]2C)cc1. The molecule has 0 bridgehead atoms. The van der Waals surface area contributed by atoms with Crippen LogP contribution in [-0.4, -0.2) is 153 Å². The molecule has 4 aliphatic heterocycles. The fraction of sp³-hybridized carbons (Fsp3) is 0.500. The zero-order valence-corrected chi connectivity index (χ0v) is 35.3. The highest BCUT2D eigenvalue weighted by atomic mass is 28.3. The van der Waals surface area contributed by atoms with E-state index in [0.717, 1.165) is 5.19 Å². The van der Waals surface area contributed by atoms with Crippen molar-refractivity contribution in [2.24, 2.45) is 5.92 Å². The van der Waals surface area contributed by atoms with Crippen LogP contribution < -0.4 is 25.5 Å². The van der Waals surface area contributed by atoms with Crippen LogP contribution in [0.4, 0.5) is 17.1 Å². The number of fused-ring (bicyclic) bond motifs is 2. The molecule has 14 atom stereocenters. The molecule has 19 nitrogen and oxygen atoms in total. The summed E-state index contributed by atoms with van der Waals surface area (Å²) in [5.74, 6) is -2.04. The van der Waals surface area contributed by atoms with E-state index >= 15 is 4.79 Å². The van der Waals surface area contributed by atoms with Gasteiger partial charge in [-0.2, -0.15) is 0 Å². The van der Waals surface area contributed by atoms with Gasteiger partial charge in [0.2, 0.25) is 0 Å². The van der Waals surface area contributed by atoms with Gasteiger partial charge in [-0.25, -0.2) is 0 Å². The van der Waals surface area contributed by atoms with Crippen LogP contribution in [0.3, 0.4) is 0 Å². The summed E-state index contributed by atoms with van der Waals surface area (Å²) in [5.41, 5.74) is 0.0664. The van der Waals surface area contributed by atoms with E-state index in [1.807, 2.05) is 31.2 Å². The number of ether oxygens (including phenoxy) is 4. The van der Waals surface area contributed by atoms with Gasteiger partial charge >= 0.3 is 0 Å². The Balaban J connectivity index is 1.21. The summed E-state index contributed by atoms with van der Waals surface area (Å²) < 4.78 is 22.6. The van der Waals surface area contributed by atoms with Crippen molar-refractivity contribution in [2.45, 2.75) is 112 Å². The maximum absolute atomic E-state index is 15.2. The highest BCUT2D eigenvalue weighted by molar-refractivity contribution is 6.91. The molecule has 3 aromatic rings. The van der Waals surface area contributed by atoms with Crippen LogP contribution in [0.15, 0.2) is 66.7 Å². The van der Waals surface area contributed by atoms with E-state index in [1.165, 1.54) is 6.07 Å². The lowest BCUT2D eigenvalue weighted by Gasteiger charge is -2.37. The number of benzene rings is 3. The Labute approximate surface area is 357 Å². The number of nitrogens with zero attached hydrogens (tertiary/aromatic N) is 1. The number of carbonyl (C=O) groups is 3. The quantitative estimate of drug-likeness (QED) is 0.0959. The highest BCUT2D eigenvalue weighted by Crippen LogP contribution is 2.60. The number of methoxy groups -OCH3 is 1. The molecule has 3 saturated heterocycles. The smallest absolute Gasteiger partial charge is 0.264 e. The Kier molecular flexibility index (Phi) is 13.0. The van der Waals surface area contributed by atoms with Crippen LogP contribution in [-0.2, 0) is 40.7 Å². The number of carbonyl (C=O) groups excluding carboxylic acids is 3. The number of amides is 3. The van der Waals surface area contributed by atoms with E-state index in [0.29, 0.717) is 22.6 Å². The second-order valence-corrected chi connectivity index (χ2v) is 21.5. The first kappa shape index (κ1) is 45.6. The predicted octanol–water partition coefficient (Wildman–Crippen LogP) is -1.68. The van der Waals surface area contributed by atoms with Crippen molar-refractivity contribution >= 4 is 48.0 Å². The first-order valence-electron chi connectivity index (χ1n) is 20.2. The number of hydrogen-bond donors (Lipinski definition) is 11. The Hall–Kier alpha value is -4.39. The van der Waals surface area contributed by atoms with E-state index in [4.69, 9.17) is 18.9 Å². The minimum atomic E-state index is -2.57.